The number of carbonyl (C=O) groups excluding carboxylic acids is 2. The lowest BCUT2D eigenvalue weighted by atomic mass is 9.72. The number of rotatable bonds is 5. The first-order chi connectivity index (χ1) is 17.1. The van der Waals surface area contributed by atoms with E-state index in [0.717, 1.165) is 25.3 Å². The molecule has 0 saturated heterocycles. The molecule has 10 heteroatoms. The Morgan fingerprint density at radius 3 is 1.65 bits per heavy atom. The van der Waals surface area contributed by atoms with Crippen LogP contribution in [-0.2, 0) is 10.2 Å². The van der Waals surface area contributed by atoms with E-state index in [1.807, 2.05) is 0 Å². The molecule has 4 nitrogen and oxygen atoms in total. The van der Waals surface area contributed by atoms with E-state index in [4.69, 9.17) is 4.74 Å². The fourth-order valence-corrected chi connectivity index (χ4v) is 4.00. The molecule has 196 valence electrons. The van der Waals surface area contributed by atoms with Crippen molar-refractivity contribution in [2.45, 2.75) is 38.5 Å². The van der Waals surface area contributed by atoms with Gasteiger partial charge in [-0.15, -0.1) is 0 Å². The van der Waals surface area contributed by atoms with Crippen LogP contribution in [0, 0.1) is 20.8 Å². The standard InChI is InChI=1S/C27H22F6O4/c1-15-8-9-20(12-16(15)2)25(26(28,29)30,27(31,32)33)21-10-11-22(17(3)13-21)37-24(35)19-7-5-6-18(14-19)23(34)36-4/h5-14H,1-4H3. The van der Waals surface area contributed by atoms with E-state index in [-0.39, 0.29) is 28.0 Å². The van der Waals surface area contributed by atoms with E-state index < -0.39 is 40.8 Å². The molecule has 3 rings (SSSR count). The Bertz CT molecular complexity index is 1330. The molecule has 0 aromatic heterocycles. The van der Waals surface area contributed by atoms with Gasteiger partial charge in [0, 0.05) is 0 Å². The highest BCUT2D eigenvalue weighted by molar-refractivity contribution is 5.96. The molecular formula is C27H22F6O4. The van der Waals surface area contributed by atoms with E-state index >= 15 is 0 Å². The molecule has 0 aliphatic carbocycles. The third-order valence-corrected chi connectivity index (χ3v) is 6.12. The SMILES string of the molecule is COC(=O)c1cccc(C(=O)Oc2ccc(C(c3ccc(C)c(C)c3)(C(F)(F)F)C(F)(F)F)cc2C)c1. The minimum atomic E-state index is -5.74. The number of methoxy groups -OCH3 is 1. The zero-order valence-electron chi connectivity index (χ0n) is 20.2. The maximum atomic E-state index is 14.4. The van der Waals surface area contributed by atoms with E-state index in [0.29, 0.717) is 17.7 Å². The van der Waals surface area contributed by atoms with Crippen LogP contribution in [0.3, 0.4) is 0 Å². The highest BCUT2D eigenvalue weighted by Crippen LogP contribution is 2.56. The van der Waals surface area contributed by atoms with Gasteiger partial charge >= 0.3 is 24.3 Å². The van der Waals surface area contributed by atoms with Gasteiger partial charge in [0.05, 0.1) is 18.2 Å². The maximum absolute atomic E-state index is 14.4. The molecule has 0 amide bonds. The predicted molar refractivity (Wildman–Crippen MR) is 123 cm³/mol. The van der Waals surface area contributed by atoms with Crippen molar-refractivity contribution in [3.05, 3.63) is 99.6 Å². The summed E-state index contributed by atoms with van der Waals surface area (Å²) in [5, 5.41) is 0. The van der Waals surface area contributed by atoms with Gasteiger partial charge in [-0.25, -0.2) is 9.59 Å². The number of benzene rings is 3. The molecule has 0 spiro atoms. The van der Waals surface area contributed by atoms with E-state index in [2.05, 4.69) is 4.74 Å². The van der Waals surface area contributed by atoms with Crippen LogP contribution in [0.1, 0.15) is 48.5 Å². The van der Waals surface area contributed by atoms with Crippen LogP contribution in [0.5, 0.6) is 5.75 Å². The van der Waals surface area contributed by atoms with Crippen molar-refractivity contribution in [2.75, 3.05) is 7.11 Å². The molecule has 37 heavy (non-hydrogen) atoms. The van der Waals surface area contributed by atoms with Gasteiger partial charge in [0.1, 0.15) is 5.75 Å². The summed E-state index contributed by atoms with van der Waals surface area (Å²) in [6, 6.07) is 10.5. The normalized spacial score (nSPS) is 12.3. The molecule has 0 aliphatic rings. The number of carbonyl (C=O) groups is 2. The topological polar surface area (TPSA) is 52.6 Å². The van der Waals surface area contributed by atoms with Crippen molar-refractivity contribution in [3.8, 4) is 5.75 Å². The third kappa shape index (κ3) is 5.05. The number of aryl methyl sites for hydroxylation is 3. The quantitative estimate of drug-likeness (QED) is 0.204. The zero-order valence-corrected chi connectivity index (χ0v) is 20.2. The summed E-state index contributed by atoms with van der Waals surface area (Å²) in [4.78, 5) is 24.3. The molecule has 0 aliphatic heterocycles. The van der Waals surface area contributed by atoms with Gasteiger partial charge in [0.25, 0.3) is 0 Å². The van der Waals surface area contributed by atoms with Gasteiger partial charge in [-0.2, -0.15) is 26.3 Å². The van der Waals surface area contributed by atoms with E-state index in [1.54, 1.807) is 6.92 Å². The number of ether oxygens (including phenoxy) is 2. The minimum absolute atomic E-state index is 0.0533. The smallest absolute Gasteiger partial charge is 0.411 e. The Kier molecular flexibility index (Phi) is 7.44. The highest BCUT2D eigenvalue weighted by atomic mass is 19.4. The number of hydrogen-bond acceptors (Lipinski definition) is 4. The zero-order chi connectivity index (χ0) is 27.8. The fourth-order valence-electron chi connectivity index (χ4n) is 4.00. The molecule has 0 fully saturated rings. The van der Waals surface area contributed by atoms with E-state index in [1.165, 1.54) is 44.2 Å². The van der Waals surface area contributed by atoms with Crippen molar-refractivity contribution in [3.63, 3.8) is 0 Å². The summed E-state index contributed by atoms with van der Waals surface area (Å²) in [5.74, 6) is -1.92. The van der Waals surface area contributed by atoms with Crippen molar-refractivity contribution >= 4 is 11.9 Å². The van der Waals surface area contributed by atoms with Gasteiger partial charge in [0.15, 0.2) is 0 Å². The summed E-state index contributed by atoms with van der Waals surface area (Å²) >= 11 is 0. The van der Waals surface area contributed by atoms with Gasteiger partial charge in [0.2, 0.25) is 5.41 Å². The van der Waals surface area contributed by atoms with Gasteiger partial charge in [-0.05, 0) is 72.9 Å². The molecule has 0 unspecified atom stereocenters. The van der Waals surface area contributed by atoms with Crippen LogP contribution in [0.15, 0.2) is 60.7 Å². The Labute approximate surface area is 208 Å². The Hall–Kier alpha value is -3.82. The molecule has 0 saturated carbocycles. The van der Waals surface area contributed by atoms with Crippen LogP contribution in [0.4, 0.5) is 26.3 Å². The van der Waals surface area contributed by atoms with Crippen LogP contribution in [0.25, 0.3) is 0 Å². The largest absolute Gasteiger partial charge is 0.465 e. The molecule has 0 N–H and O–H groups in total. The van der Waals surface area contributed by atoms with Crippen molar-refractivity contribution in [2.24, 2.45) is 0 Å². The number of alkyl halides is 6. The summed E-state index contributed by atoms with van der Waals surface area (Å²) in [6.07, 6.45) is -11.5. The van der Waals surface area contributed by atoms with Crippen LogP contribution < -0.4 is 4.74 Å². The second kappa shape index (κ2) is 9.91. The molecule has 0 radical (unpaired) electrons. The van der Waals surface area contributed by atoms with E-state index in [9.17, 15) is 35.9 Å². The lowest BCUT2D eigenvalue weighted by molar-refractivity contribution is -0.288. The third-order valence-electron chi connectivity index (χ3n) is 6.12. The van der Waals surface area contributed by atoms with Crippen LogP contribution in [-0.4, -0.2) is 31.4 Å². The second-order valence-electron chi connectivity index (χ2n) is 8.49. The summed E-state index contributed by atoms with van der Waals surface area (Å²) in [5.41, 5.74) is -5.69. The van der Waals surface area contributed by atoms with Gasteiger partial charge < -0.3 is 9.47 Å². The fraction of sp³-hybridized carbons (Fsp3) is 0.259. The van der Waals surface area contributed by atoms with Crippen molar-refractivity contribution in [1.82, 2.24) is 0 Å². The Morgan fingerprint density at radius 2 is 1.16 bits per heavy atom. The Balaban J connectivity index is 2.10. The summed E-state index contributed by atoms with van der Waals surface area (Å²) in [7, 11) is 1.15. The molecule has 0 bridgehead atoms. The monoisotopic (exact) mass is 524 g/mol. The minimum Gasteiger partial charge on any atom is -0.465 e. The number of hydrogen-bond donors (Lipinski definition) is 0. The van der Waals surface area contributed by atoms with Crippen molar-refractivity contribution in [1.29, 1.82) is 0 Å². The molecule has 0 heterocycles. The highest BCUT2D eigenvalue weighted by Gasteiger charge is 2.72. The summed E-state index contributed by atoms with van der Waals surface area (Å²) in [6.45, 7) is 4.24. The Morgan fingerprint density at radius 1 is 0.649 bits per heavy atom. The van der Waals surface area contributed by atoms with Gasteiger partial charge in [-0.1, -0.05) is 36.4 Å². The number of esters is 2. The van der Waals surface area contributed by atoms with Crippen LogP contribution in [0.2, 0.25) is 0 Å². The first kappa shape index (κ1) is 27.8. The average Bonchev–Trinajstić information content (AvgIpc) is 2.81. The maximum Gasteiger partial charge on any atom is 0.411 e. The van der Waals surface area contributed by atoms with Crippen LogP contribution >= 0.6 is 0 Å². The molecule has 0 atom stereocenters. The lowest BCUT2D eigenvalue weighted by Gasteiger charge is -2.38. The first-order valence-electron chi connectivity index (χ1n) is 10.9. The second-order valence-corrected chi connectivity index (χ2v) is 8.49. The molecular weight excluding hydrogens is 502 g/mol. The van der Waals surface area contributed by atoms with Crippen molar-refractivity contribution < 1.29 is 45.4 Å². The predicted octanol–water partition coefficient (Wildman–Crippen LogP) is 7.03. The first-order valence-corrected chi connectivity index (χ1v) is 10.9. The summed E-state index contributed by atoms with van der Waals surface area (Å²) < 4.78 is 96.4. The molecule has 3 aromatic rings. The lowest BCUT2D eigenvalue weighted by Crippen LogP contribution is -2.54. The molecule has 3 aromatic carbocycles. The number of halogens is 6. The average molecular weight is 524 g/mol. The van der Waals surface area contributed by atoms with Gasteiger partial charge in [-0.3, -0.25) is 0 Å².